The second-order valence-electron chi connectivity index (χ2n) is 4.19. The van der Waals surface area contributed by atoms with Crippen molar-refractivity contribution >= 4 is 22.5 Å². The topological polar surface area (TPSA) is 41.6 Å². The lowest BCUT2D eigenvalue weighted by Crippen LogP contribution is -1.96. The highest BCUT2D eigenvalue weighted by Crippen LogP contribution is 2.27. The monoisotopic (exact) mass is 257 g/mol. The van der Waals surface area contributed by atoms with Crippen LogP contribution in [0.2, 0.25) is 0 Å². The van der Waals surface area contributed by atoms with Gasteiger partial charge in [-0.05, 0) is 19.1 Å². The Morgan fingerprint density at radius 2 is 2.06 bits per heavy atom. The molecule has 0 amide bonds. The summed E-state index contributed by atoms with van der Waals surface area (Å²) < 4.78 is 0. The first-order valence-electron chi connectivity index (χ1n) is 5.75. The van der Waals surface area contributed by atoms with Crippen LogP contribution in [0, 0.1) is 6.92 Å². The quantitative estimate of drug-likeness (QED) is 0.712. The molecule has 90 valence electrons. The molecule has 1 aromatic carbocycles. The van der Waals surface area contributed by atoms with Gasteiger partial charge in [0.2, 0.25) is 0 Å². The zero-order valence-corrected chi connectivity index (χ0v) is 10.7. The third-order valence-electron chi connectivity index (χ3n) is 2.89. The Hall–Kier alpha value is -1.87. The third kappa shape index (κ3) is 1.87. The first kappa shape index (κ1) is 11.2. The molecule has 3 nitrogen and oxygen atoms in total. The molecule has 0 aliphatic heterocycles. The van der Waals surface area contributed by atoms with Gasteiger partial charge in [0.1, 0.15) is 5.82 Å². The van der Waals surface area contributed by atoms with Gasteiger partial charge in [0.05, 0.1) is 11.6 Å². The molecule has 0 aliphatic rings. The number of aromatic amines is 1. The van der Waals surface area contributed by atoms with Gasteiger partial charge in [-0.25, -0.2) is 9.97 Å². The molecule has 2 heterocycles. The maximum Gasteiger partial charge on any atom is 0.143 e. The van der Waals surface area contributed by atoms with Gasteiger partial charge in [0.15, 0.2) is 0 Å². The third-order valence-corrected chi connectivity index (χ3v) is 3.12. The minimum absolute atomic E-state index is 0.330. The van der Waals surface area contributed by atoms with E-state index in [9.17, 15) is 0 Å². The van der Waals surface area contributed by atoms with Gasteiger partial charge in [0, 0.05) is 28.4 Å². The van der Waals surface area contributed by atoms with E-state index in [4.69, 9.17) is 11.6 Å². The lowest BCUT2D eigenvalue weighted by atomic mass is 10.1. The number of aromatic nitrogens is 3. The number of hydrogen-bond acceptors (Lipinski definition) is 2. The Morgan fingerprint density at radius 3 is 2.89 bits per heavy atom. The summed E-state index contributed by atoms with van der Waals surface area (Å²) in [5.41, 5.74) is 4.04. The first-order valence-corrected chi connectivity index (χ1v) is 6.28. The van der Waals surface area contributed by atoms with Crippen molar-refractivity contribution in [3.05, 3.63) is 48.0 Å². The minimum atomic E-state index is 0.330. The van der Waals surface area contributed by atoms with E-state index in [-0.39, 0.29) is 0 Å². The van der Waals surface area contributed by atoms with Gasteiger partial charge in [-0.15, -0.1) is 11.6 Å². The molecule has 0 saturated carbocycles. The number of halogens is 1. The first-order chi connectivity index (χ1) is 8.78. The predicted molar refractivity (Wildman–Crippen MR) is 73.6 cm³/mol. The fourth-order valence-electron chi connectivity index (χ4n) is 2.11. The van der Waals surface area contributed by atoms with Crippen LogP contribution in [0.25, 0.3) is 22.2 Å². The summed E-state index contributed by atoms with van der Waals surface area (Å²) in [6.45, 7) is 1.95. The van der Waals surface area contributed by atoms with Crippen LogP contribution in [0.1, 0.15) is 11.5 Å². The van der Waals surface area contributed by atoms with Gasteiger partial charge in [-0.1, -0.05) is 18.2 Å². The van der Waals surface area contributed by atoms with Crippen molar-refractivity contribution in [1.82, 2.24) is 15.0 Å². The SMILES string of the molecule is Cc1cc(-c2c[nH]c3ccccc23)nc(CCl)n1. The van der Waals surface area contributed by atoms with Crippen molar-refractivity contribution in [3.8, 4) is 11.3 Å². The Bertz CT molecular complexity index is 703. The maximum absolute atomic E-state index is 5.82. The standard InChI is InChI=1S/C14H12ClN3/c1-9-6-13(18-14(7-15)17-9)11-8-16-12-5-3-2-4-10(11)12/h2-6,8,16H,7H2,1H3. The lowest BCUT2D eigenvalue weighted by Gasteiger charge is -2.03. The van der Waals surface area contributed by atoms with Crippen molar-refractivity contribution < 1.29 is 0 Å². The molecule has 2 aromatic heterocycles. The van der Waals surface area contributed by atoms with E-state index in [0.29, 0.717) is 11.7 Å². The normalized spacial score (nSPS) is 11.0. The number of rotatable bonds is 2. The van der Waals surface area contributed by atoms with Crippen molar-refractivity contribution in [1.29, 1.82) is 0 Å². The number of hydrogen-bond donors (Lipinski definition) is 1. The molecule has 0 fully saturated rings. The summed E-state index contributed by atoms with van der Waals surface area (Å²) in [5, 5.41) is 1.16. The number of aryl methyl sites for hydroxylation is 1. The molecule has 18 heavy (non-hydrogen) atoms. The summed E-state index contributed by atoms with van der Waals surface area (Å²) in [4.78, 5) is 12.0. The van der Waals surface area contributed by atoms with E-state index in [1.807, 2.05) is 31.3 Å². The molecule has 0 radical (unpaired) electrons. The van der Waals surface area contributed by atoms with Gasteiger partial charge in [0.25, 0.3) is 0 Å². The van der Waals surface area contributed by atoms with Gasteiger partial charge in [-0.3, -0.25) is 0 Å². The van der Waals surface area contributed by atoms with E-state index in [1.165, 1.54) is 0 Å². The van der Waals surface area contributed by atoms with Crippen LogP contribution < -0.4 is 0 Å². The number of para-hydroxylation sites is 1. The van der Waals surface area contributed by atoms with E-state index in [2.05, 4.69) is 27.1 Å². The number of nitrogens with one attached hydrogen (secondary N) is 1. The van der Waals surface area contributed by atoms with Crippen LogP contribution in [0.3, 0.4) is 0 Å². The average molecular weight is 258 g/mol. The Kier molecular flexibility index (Phi) is 2.76. The van der Waals surface area contributed by atoms with Gasteiger partial charge in [-0.2, -0.15) is 0 Å². The second kappa shape index (κ2) is 4.42. The van der Waals surface area contributed by atoms with Crippen molar-refractivity contribution in [2.24, 2.45) is 0 Å². The summed E-state index contributed by atoms with van der Waals surface area (Å²) in [7, 11) is 0. The summed E-state index contributed by atoms with van der Waals surface area (Å²) in [6.07, 6.45) is 1.98. The molecule has 0 spiro atoms. The minimum Gasteiger partial charge on any atom is -0.360 e. The molecule has 0 bridgehead atoms. The number of H-pyrrole nitrogens is 1. The van der Waals surface area contributed by atoms with Crippen molar-refractivity contribution in [2.45, 2.75) is 12.8 Å². The molecule has 0 saturated heterocycles. The molecule has 0 aliphatic carbocycles. The van der Waals surface area contributed by atoms with E-state index in [0.717, 1.165) is 27.9 Å². The lowest BCUT2D eigenvalue weighted by molar-refractivity contribution is 0.998. The molecule has 1 N–H and O–H groups in total. The summed E-state index contributed by atoms with van der Waals surface area (Å²) in [5.74, 6) is 0.994. The Labute approximate surface area is 110 Å². The van der Waals surface area contributed by atoms with E-state index < -0.39 is 0 Å². The van der Waals surface area contributed by atoms with Crippen molar-refractivity contribution in [2.75, 3.05) is 0 Å². The molecule has 0 atom stereocenters. The van der Waals surface area contributed by atoms with Crippen LogP contribution in [0.4, 0.5) is 0 Å². The molecule has 0 unspecified atom stereocenters. The second-order valence-corrected chi connectivity index (χ2v) is 4.46. The van der Waals surface area contributed by atoms with E-state index in [1.54, 1.807) is 0 Å². The van der Waals surface area contributed by atoms with Crippen LogP contribution in [-0.4, -0.2) is 15.0 Å². The number of nitrogens with zero attached hydrogens (tertiary/aromatic N) is 2. The number of alkyl halides is 1. The molecule has 3 aromatic rings. The number of benzene rings is 1. The summed E-state index contributed by atoms with van der Waals surface area (Å²) >= 11 is 5.82. The molecule has 3 rings (SSSR count). The van der Waals surface area contributed by atoms with Gasteiger partial charge >= 0.3 is 0 Å². The van der Waals surface area contributed by atoms with Crippen molar-refractivity contribution in [3.63, 3.8) is 0 Å². The Balaban J connectivity index is 2.22. The zero-order chi connectivity index (χ0) is 12.5. The van der Waals surface area contributed by atoms with Crippen LogP contribution in [0.5, 0.6) is 0 Å². The van der Waals surface area contributed by atoms with Gasteiger partial charge < -0.3 is 4.98 Å². The highest BCUT2D eigenvalue weighted by Gasteiger charge is 2.09. The predicted octanol–water partition coefficient (Wildman–Crippen LogP) is 3.67. The largest absolute Gasteiger partial charge is 0.360 e. The fraction of sp³-hybridized carbons (Fsp3) is 0.143. The Morgan fingerprint density at radius 1 is 1.22 bits per heavy atom. The fourth-order valence-corrected chi connectivity index (χ4v) is 2.23. The number of fused-ring (bicyclic) bond motifs is 1. The van der Waals surface area contributed by atoms with Crippen LogP contribution in [-0.2, 0) is 5.88 Å². The van der Waals surface area contributed by atoms with E-state index >= 15 is 0 Å². The highest BCUT2D eigenvalue weighted by atomic mass is 35.5. The smallest absolute Gasteiger partial charge is 0.143 e. The van der Waals surface area contributed by atoms with Crippen LogP contribution >= 0.6 is 11.6 Å². The molecular weight excluding hydrogens is 246 g/mol. The van der Waals surface area contributed by atoms with Crippen LogP contribution in [0.15, 0.2) is 36.5 Å². The highest BCUT2D eigenvalue weighted by molar-refractivity contribution is 6.16. The summed E-state index contributed by atoms with van der Waals surface area (Å²) in [6, 6.07) is 10.1. The molecular formula is C14H12ClN3. The average Bonchev–Trinajstić information content (AvgIpc) is 2.81. The molecule has 4 heteroatoms. The zero-order valence-electron chi connectivity index (χ0n) is 9.94. The maximum atomic E-state index is 5.82.